The molecule has 0 amide bonds. The molecule has 0 bridgehead atoms. The second-order valence-corrected chi connectivity index (χ2v) is 5.41. The van der Waals surface area contributed by atoms with E-state index in [1.54, 1.807) is 6.20 Å². The van der Waals surface area contributed by atoms with Gasteiger partial charge in [-0.1, -0.05) is 29.8 Å². The van der Waals surface area contributed by atoms with Gasteiger partial charge in [0.2, 0.25) is 0 Å². The van der Waals surface area contributed by atoms with Crippen LogP contribution < -0.4 is 0 Å². The molecule has 0 spiro atoms. The van der Waals surface area contributed by atoms with Crippen LogP contribution in [0.4, 0.5) is 0 Å². The van der Waals surface area contributed by atoms with Crippen LogP contribution in [0.1, 0.15) is 36.6 Å². The van der Waals surface area contributed by atoms with Gasteiger partial charge in [-0.15, -0.1) is 0 Å². The van der Waals surface area contributed by atoms with Gasteiger partial charge in [-0.3, -0.25) is 0 Å². The van der Waals surface area contributed by atoms with Crippen LogP contribution in [0.15, 0.2) is 28.9 Å². The van der Waals surface area contributed by atoms with E-state index in [1.165, 1.54) is 0 Å². The van der Waals surface area contributed by atoms with Crippen molar-refractivity contribution < 1.29 is 0 Å². The second-order valence-electron chi connectivity index (χ2n) is 4.56. The maximum absolute atomic E-state index is 9.12. The highest BCUT2D eigenvalue weighted by atomic mass is 79.9. The molecule has 0 aliphatic heterocycles. The Morgan fingerprint density at radius 2 is 2.11 bits per heavy atom. The first-order valence-electron chi connectivity index (χ1n) is 5.79. The summed E-state index contributed by atoms with van der Waals surface area (Å²) in [6.07, 6.45) is 1.63. The fourth-order valence-corrected chi connectivity index (χ4v) is 2.21. The third kappa shape index (κ3) is 2.19. The van der Waals surface area contributed by atoms with Gasteiger partial charge < -0.3 is 0 Å². The van der Waals surface area contributed by atoms with Gasteiger partial charge >= 0.3 is 0 Å². The number of rotatable bonds is 2. The van der Waals surface area contributed by atoms with Crippen molar-refractivity contribution in [2.24, 2.45) is 0 Å². The molecule has 0 aliphatic rings. The monoisotopic (exact) mass is 303 g/mol. The number of benzene rings is 1. The Kier molecular flexibility index (Phi) is 3.53. The van der Waals surface area contributed by atoms with Crippen molar-refractivity contribution in [2.45, 2.75) is 26.7 Å². The van der Waals surface area contributed by atoms with Crippen molar-refractivity contribution in [1.29, 1.82) is 5.26 Å². The molecule has 0 saturated carbocycles. The lowest BCUT2D eigenvalue weighted by molar-refractivity contribution is 0.732. The lowest BCUT2D eigenvalue weighted by Crippen LogP contribution is -2.05. The van der Waals surface area contributed by atoms with Gasteiger partial charge in [0.05, 0.1) is 23.1 Å². The minimum atomic E-state index is 0.256. The van der Waals surface area contributed by atoms with E-state index >= 15 is 0 Å². The zero-order valence-corrected chi connectivity index (χ0v) is 12.2. The van der Waals surface area contributed by atoms with Crippen molar-refractivity contribution in [1.82, 2.24) is 9.78 Å². The van der Waals surface area contributed by atoms with E-state index in [9.17, 15) is 0 Å². The van der Waals surface area contributed by atoms with Gasteiger partial charge in [-0.05, 0) is 36.6 Å². The fraction of sp³-hybridized carbons (Fsp3) is 0.286. The van der Waals surface area contributed by atoms with Crippen LogP contribution in [-0.4, -0.2) is 9.78 Å². The summed E-state index contributed by atoms with van der Waals surface area (Å²) in [4.78, 5) is 0. The topological polar surface area (TPSA) is 41.6 Å². The summed E-state index contributed by atoms with van der Waals surface area (Å²) in [6, 6.07) is 8.26. The largest absolute Gasteiger partial charge is 0.236 e. The second kappa shape index (κ2) is 4.95. The minimum absolute atomic E-state index is 0.256. The summed E-state index contributed by atoms with van der Waals surface area (Å²) in [5, 5.41) is 13.4. The summed E-state index contributed by atoms with van der Waals surface area (Å²) in [7, 11) is 0. The molecule has 4 heteroatoms. The summed E-state index contributed by atoms with van der Waals surface area (Å²) in [5.74, 6) is 0.256. The minimum Gasteiger partial charge on any atom is -0.236 e. The zero-order chi connectivity index (χ0) is 13.3. The molecule has 1 heterocycles. The molecular weight excluding hydrogens is 290 g/mol. The van der Waals surface area contributed by atoms with Gasteiger partial charge in [-0.25, -0.2) is 4.68 Å². The Morgan fingerprint density at radius 1 is 1.39 bits per heavy atom. The van der Waals surface area contributed by atoms with E-state index in [0.717, 1.165) is 21.4 Å². The molecule has 2 rings (SSSR count). The Labute approximate surface area is 115 Å². The highest BCUT2D eigenvalue weighted by molar-refractivity contribution is 9.10. The predicted octanol–water partition coefficient (Wildman–Crippen LogP) is 3.94. The van der Waals surface area contributed by atoms with E-state index in [2.05, 4.69) is 47.0 Å². The molecule has 0 saturated heterocycles. The number of hydrogen-bond acceptors (Lipinski definition) is 2. The molecule has 0 radical (unpaired) electrons. The van der Waals surface area contributed by atoms with E-state index in [4.69, 9.17) is 5.26 Å². The van der Waals surface area contributed by atoms with Crippen LogP contribution in [0.3, 0.4) is 0 Å². The predicted molar refractivity (Wildman–Crippen MR) is 74.8 cm³/mol. The van der Waals surface area contributed by atoms with E-state index in [1.807, 2.05) is 23.7 Å². The number of aromatic nitrogens is 2. The van der Waals surface area contributed by atoms with Gasteiger partial charge in [0.15, 0.2) is 0 Å². The Hall–Kier alpha value is -1.60. The van der Waals surface area contributed by atoms with E-state index in [0.29, 0.717) is 5.56 Å². The number of nitrogens with zero attached hydrogens (tertiary/aromatic N) is 3. The van der Waals surface area contributed by atoms with Crippen LogP contribution in [0, 0.1) is 18.3 Å². The molecule has 2 aromatic rings. The first-order chi connectivity index (χ1) is 8.54. The Morgan fingerprint density at radius 3 is 2.67 bits per heavy atom. The SMILES string of the molecule is Cc1cc(-n2ncc(C#N)c2C(C)C)ccc1Br. The number of halogens is 1. The van der Waals surface area contributed by atoms with Crippen molar-refractivity contribution in [3.63, 3.8) is 0 Å². The highest BCUT2D eigenvalue weighted by Gasteiger charge is 2.15. The fourth-order valence-electron chi connectivity index (χ4n) is 1.97. The molecule has 1 aromatic carbocycles. The smallest absolute Gasteiger partial charge is 0.103 e. The molecule has 0 unspecified atom stereocenters. The van der Waals surface area contributed by atoms with Crippen molar-refractivity contribution >= 4 is 15.9 Å². The Balaban J connectivity index is 2.61. The maximum Gasteiger partial charge on any atom is 0.103 e. The molecule has 1 aromatic heterocycles. The van der Waals surface area contributed by atoms with Gasteiger partial charge in [0.1, 0.15) is 6.07 Å². The quantitative estimate of drug-likeness (QED) is 0.843. The van der Waals surface area contributed by atoms with Gasteiger partial charge in [0.25, 0.3) is 0 Å². The van der Waals surface area contributed by atoms with E-state index < -0.39 is 0 Å². The van der Waals surface area contributed by atoms with Crippen molar-refractivity contribution in [2.75, 3.05) is 0 Å². The summed E-state index contributed by atoms with van der Waals surface area (Å²) >= 11 is 3.49. The first kappa shape index (κ1) is 12.8. The first-order valence-corrected chi connectivity index (χ1v) is 6.58. The van der Waals surface area contributed by atoms with Gasteiger partial charge in [-0.2, -0.15) is 10.4 Å². The molecule has 0 N–H and O–H groups in total. The molecule has 0 atom stereocenters. The highest BCUT2D eigenvalue weighted by Crippen LogP contribution is 2.25. The molecule has 92 valence electrons. The lowest BCUT2D eigenvalue weighted by atomic mass is 10.1. The zero-order valence-electron chi connectivity index (χ0n) is 10.6. The van der Waals surface area contributed by atoms with Crippen LogP contribution >= 0.6 is 15.9 Å². The third-order valence-corrected chi connectivity index (χ3v) is 3.75. The lowest BCUT2D eigenvalue weighted by Gasteiger charge is -2.11. The number of hydrogen-bond donors (Lipinski definition) is 0. The number of nitriles is 1. The molecule has 3 nitrogen and oxygen atoms in total. The summed E-state index contributed by atoms with van der Waals surface area (Å²) in [6.45, 7) is 6.18. The average molecular weight is 304 g/mol. The van der Waals surface area contributed by atoms with Crippen LogP contribution in [0.2, 0.25) is 0 Å². The van der Waals surface area contributed by atoms with Crippen LogP contribution in [0.5, 0.6) is 0 Å². The molecule has 0 aliphatic carbocycles. The van der Waals surface area contributed by atoms with Gasteiger partial charge in [0, 0.05) is 4.47 Å². The normalized spacial score (nSPS) is 10.7. The van der Waals surface area contributed by atoms with Crippen molar-refractivity contribution in [3.05, 3.63) is 45.7 Å². The average Bonchev–Trinajstić information content (AvgIpc) is 2.76. The number of aryl methyl sites for hydroxylation is 1. The molecule has 0 fully saturated rings. The summed E-state index contributed by atoms with van der Waals surface area (Å²) in [5.41, 5.74) is 3.74. The van der Waals surface area contributed by atoms with Crippen molar-refractivity contribution in [3.8, 4) is 11.8 Å². The Bertz CT molecular complexity index is 620. The molecule has 18 heavy (non-hydrogen) atoms. The van der Waals surface area contributed by atoms with E-state index in [-0.39, 0.29) is 5.92 Å². The maximum atomic E-state index is 9.12. The van der Waals surface area contributed by atoms with Crippen LogP contribution in [0.25, 0.3) is 5.69 Å². The van der Waals surface area contributed by atoms with Crippen LogP contribution in [-0.2, 0) is 0 Å². The standard InChI is InChI=1S/C14H14BrN3/c1-9(2)14-11(7-16)8-17-18(14)12-4-5-13(15)10(3)6-12/h4-6,8-9H,1-3H3. The summed E-state index contributed by atoms with van der Waals surface area (Å²) < 4.78 is 2.92. The third-order valence-electron chi connectivity index (χ3n) is 2.86. The molecular formula is C14H14BrN3.